The molecule has 6 aliphatic heterocycles. The van der Waals surface area contributed by atoms with Gasteiger partial charge in [0.2, 0.25) is 0 Å². The Bertz CT molecular complexity index is 1860. The van der Waals surface area contributed by atoms with Gasteiger partial charge in [0.1, 0.15) is 79.4 Å². The fraction of sp³-hybridized carbons (Fsp3) is 0.944. The number of ether oxygens (including phenoxy) is 13. The van der Waals surface area contributed by atoms with Crippen molar-refractivity contribution in [2.24, 2.45) is 11.8 Å². The summed E-state index contributed by atoms with van der Waals surface area (Å²) in [6.45, 7) is 13.5. The third-order valence-electron chi connectivity index (χ3n) is 15.6. The zero-order chi connectivity index (χ0) is 58.0. The van der Waals surface area contributed by atoms with Crippen LogP contribution < -0.4 is 0 Å². The van der Waals surface area contributed by atoms with Gasteiger partial charge in [0.25, 0.3) is 0 Å². The average molecular weight is 1140 g/mol. The van der Waals surface area contributed by atoms with E-state index in [1.807, 2.05) is 0 Å². The Balaban J connectivity index is 1.35. The van der Waals surface area contributed by atoms with Gasteiger partial charge in [-0.25, -0.2) is 0 Å². The standard InChI is InChI=1S/C54H92O25/c1-10-11-17-20-30-21-18-15-13-12-14-16-19-22-32(56)73-45-40(64)42(28(8)69-53(45)78-44-36(60)33(57)26(6)67-52(44)71-30)76-54-47(75-49(66)25(4)5)46(79-51-38(62)35(59)34(58)31(23-55)72-51)43(29(9)70-54)77-50-39(63)37(61)41(27(7)68-50)74-48(65)24(2)3/h24-31,33-47,50-55,57-64H,10-23H2,1-9H3/t26-,27+,28+,29+,30+,31-,33+,34-,35+,36+,37+,38-,39-,40-,41+,42+,43+,44-,45-,46-,47-,50+,51+,52+,53+,54+/m1/s1. The number of aliphatic hydroxyl groups is 9. The lowest BCUT2D eigenvalue weighted by Crippen LogP contribution is -2.68. The molecule has 0 amide bonds. The molecular weight excluding hydrogens is 1050 g/mol. The largest absolute Gasteiger partial charge is 0.457 e. The van der Waals surface area contributed by atoms with Gasteiger partial charge in [-0.2, -0.15) is 0 Å². The van der Waals surface area contributed by atoms with Crippen molar-refractivity contribution >= 4 is 17.9 Å². The average Bonchev–Trinajstić information content (AvgIpc) is 3.53. The van der Waals surface area contributed by atoms with Gasteiger partial charge in [0.15, 0.2) is 49.8 Å². The highest BCUT2D eigenvalue weighted by Gasteiger charge is 2.59. The quantitative estimate of drug-likeness (QED) is 0.0617. The molecule has 0 aliphatic carbocycles. The van der Waals surface area contributed by atoms with Crippen molar-refractivity contribution < 1.29 is 122 Å². The molecule has 79 heavy (non-hydrogen) atoms. The van der Waals surface area contributed by atoms with Crippen molar-refractivity contribution in [1.29, 1.82) is 0 Å². The van der Waals surface area contributed by atoms with Crippen LogP contribution in [0, 0.1) is 11.8 Å². The van der Waals surface area contributed by atoms with Crippen LogP contribution in [0.25, 0.3) is 0 Å². The zero-order valence-corrected chi connectivity index (χ0v) is 47.1. The molecule has 0 aromatic rings. The molecule has 25 nitrogen and oxygen atoms in total. The van der Waals surface area contributed by atoms with Crippen LogP contribution in [-0.2, 0) is 76.0 Å². The van der Waals surface area contributed by atoms with Gasteiger partial charge in [0.05, 0.1) is 49.0 Å². The number of carbonyl (C=O) groups is 3. The minimum absolute atomic E-state index is 0.0403. The number of esters is 3. The Kier molecular flexibility index (Phi) is 25.4. The molecule has 0 aromatic heterocycles. The second-order valence-electron chi connectivity index (χ2n) is 22.7. The number of unbranched alkanes of at least 4 members (excludes halogenated alkanes) is 2. The molecular formula is C54H92O25. The first kappa shape index (κ1) is 65.8. The first-order valence-corrected chi connectivity index (χ1v) is 28.7. The Hall–Kier alpha value is -2.35. The predicted octanol–water partition coefficient (Wildman–Crippen LogP) is 0.648. The molecule has 6 aliphatic rings. The normalized spacial score (nSPS) is 44.4. The Morgan fingerprint density at radius 2 is 1.04 bits per heavy atom. The second kappa shape index (κ2) is 30.5. The Labute approximate surface area is 462 Å². The summed E-state index contributed by atoms with van der Waals surface area (Å²) in [6, 6.07) is 0. The summed E-state index contributed by atoms with van der Waals surface area (Å²) in [7, 11) is 0. The van der Waals surface area contributed by atoms with Crippen molar-refractivity contribution in [3.05, 3.63) is 0 Å². The SMILES string of the molecule is CCCCC[C@H]1CCCCCCCCCC(=O)O[C@H]2[C@H](O[C@H]3[C@H](O1)O[C@H](C)[C@H](O)[C@@H]3O)O[C@@H](C)[C@H](O[C@@H]1O[C@@H](C)[C@H](O[C@@H]3O[C@@H](C)[C@H](OC(=O)C(C)C)[C@@H](O)[C@H]3O)[C@@H](O[C@@H]3O[C@H](CO)[C@@H](O)[C@H](O)[C@H]3O)[C@H]1OC(=O)C(C)C)[C@H]2O. The number of aliphatic hydroxyl groups excluding tert-OH is 9. The minimum atomic E-state index is -2.01. The van der Waals surface area contributed by atoms with Gasteiger partial charge in [0, 0.05) is 6.42 Å². The van der Waals surface area contributed by atoms with Crippen molar-refractivity contribution in [2.45, 2.75) is 305 Å². The maximum atomic E-state index is 13.8. The molecule has 6 saturated heterocycles. The molecule has 9 N–H and O–H groups in total. The maximum Gasteiger partial charge on any atom is 0.308 e. The second-order valence-corrected chi connectivity index (χ2v) is 22.7. The van der Waals surface area contributed by atoms with Gasteiger partial charge >= 0.3 is 17.9 Å². The summed E-state index contributed by atoms with van der Waals surface area (Å²) in [5, 5.41) is 101. The van der Waals surface area contributed by atoms with Gasteiger partial charge in [-0.1, -0.05) is 92.4 Å². The van der Waals surface area contributed by atoms with Gasteiger partial charge in [-0.05, 0) is 47.0 Å². The number of fused-ring (bicyclic) bond motifs is 2. The van der Waals surface area contributed by atoms with E-state index in [4.69, 9.17) is 61.6 Å². The lowest BCUT2D eigenvalue weighted by molar-refractivity contribution is -0.400. The van der Waals surface area contributed by atoms with E-state index in [2.05, 4.69) is 6.92 Å². The van der Waals surface area contributed by atoms with E-state index in [0.29, 0.717) is 19.3 Å². The minimum Gasteiger partial charge on any atom is -0.457 e. The van der Waals surface area contributed by atoms with E-state index in [1.165, 1.54) is 34.6 Å². The fourth-order valence-corrected chi connectivity index (χ4v) is 10.7. The lowest BCUT2D eigenvalue weighted by atomic mass is 9.95. The number of hydrogen-bond acceptors (Lipinski definition) is 25. The highest BCUT2D eigenvalue weighted by atomic mass is 16.8. The summed E-state index contributed by atoms with van der Waals surface area (Å²) in [6.07, 6.45) is -29.9. The van der Waals surface area contributed by atoms with Crippen molar-refractivity contribution in [3.8, 4) is 0 Å². The number of carbonyl (C=O) groups excluding carboxylic acids is 3. The van der Waals surface area contributed by atoms with E-state index in [0.717, 1.165) is 57.8 Å². The Morgan fingerprint density at radius 3 is 1.68 bits per heavy atom. The molecule has 0 bridgehead atoms. The third-order valence-corrected chi connectivity index (χ3v) is 15.6. The molecule has 6 heterocycles. The summed E-state index contributed by atoms with van der Waals surface area (Å²) in [5.74, 6) is -3.67. The molecule has 0 spiro atoms. The lowest BCUT2D eigenvalue weighted by Gasteiger charge is -2.51. The topological polar surface area (TPSA) is 353 Å². The molecule has 0 unspecified atom stereocenters. The summed E-state index contributed by atoms with van der Waals surface area (Å²) in [5.41, 5.74) is 0. The highest BCUT2D eigenvalue weighted by molar-refractivity contribution is 5.72. The van der Waals surface area contributed by atoms with Crippen LogP contribution in [0.15, 0.2) is 0 Å². The molecule has 0 radical (unpaired) electrons. The van der Waals surface area contributed by atoms with Crippen LogP contribution in [0.5, 0.6) is 0 Å². The molecule has 26 atom stereocenters. The Morgan fingerprint density at radius 1 is 0.506 bits per heavy atom. The molecule has 0 aromatic carbocycles. The zero-order valence-electron chi connectivity index (χ0n) is 47.1. The molecule has 458 valence electrons. The first-order valence-electron chi connectivity index (χ1n) is 28.7. The monoisotopic (exact) mass is 1140 g/mol. The van der Waals surface area contributed by atoms with E-state index in [-0.39, 0.29) is 12.5 Å². The van der Waals surface area contributed by atoms with Gasteiger partial charge < -0.3 is 108 Å². The smallest absolute Gasteiger partial charge is 0.308 e. The first-order chi connectivity index (χ1) is 37.5. The fourth-order valence-electron chi connectivity index (χ4n) is 10.7. The van der Waals surface area contributed by atoms with Crippen LogP contribution in [0.3, 0.4) is 0 Å². The number of rotatable bonds is 15. The van der Waals surface area contributed by atoms with Crippen LogP contribution in [0.2, 0.25) is 0 Å². The van der Waals surface area contributed by atoms with Gasteiger partial charge in [-0.15, -0.1) is 0 Å². The maximum absolute atomic E-state index is 13.8. The summed E-state index contributed by atoms with van der Waals surface area (Å²) < 4.78 is 80.7. The number of hydrogen-bond donors (Lipinski definition) is 9. The van der Waals surface area contributed by atoms with Crippen molar-refractivity contribution in [3.63, 3.8) is 0 Å². The van der Waals surface area contributed by atoms with Crippen LogP contribution in [-0.4, -0.2) is 230 Å². The molecule has 25 heteroatoms. The van der Waals surface area contributed by atoms with E-state index >= 15 is 0 Å². The van der Waals surface area contributed by atoms with Crippen LogP contribution in [0.4, 0.5) is 0 Å². The summed E-state index contributed by atoms with van der Waals surface area (Å²) >= 11 is 0. The molecule has 6 rings (SSSR count). The summed E-state index contributed by atoms with van der Waals surface area (Å²) in [4.78, 5) is 40.2. The molecule has 0 saturated carbocycles. The van der Waals surface area contributed by atoms with Crippen molar-refractivity contribution in [1.82, 2.24) is 0 Å². The van der Waals surface area contributed by atoms with Gasteiger partial charge in [-0.3, -0.25) is 14.4 Å². The third kappa shape index (κ3) is 16.7. The van der Waals surface area contributed by atoms with E-state index < -0.39 is 190 Å². The predicted molar refractivity (Wildman–Crippen MR) is 271 cm³/mol. The van der Waals surface area contributed by atoms with Crippen molar-refractivity contribution in [2.75, 3.05) is 6.61 Å². The molecule has 6 fully saturated rings. The highest BCUT2D eigenvalue weighted by Crippen LogP contribution is 2.39. The van der Waals surface area contributed by atoms with E-state index in [1.54, 1.807) is 20.8 Å². The van der Waals surface area contributed by atoms with E-state index in [9.17, 15) is 60.3 Å². The van der Waals surface area contributed by atoms with Crippen LogP contribution >= 0.6 is 0 Å². The van der Waals surface area contributed by atoms with Crippen LogP contribution in [0.1, 0.15) is 146 Å².